The number of likely N-dealkylation sites (N-methyl/N-ethyl adjacent to an activating group) is 1. The molecule has 1 aromatic rings. The molecule has 1 unspecified atom stereocenters. The molecule has 1 atom stereocenters. The standard InChI is InChI=1S/C11H20N2S/c1-9-5-7-14-11(9)4-6-13(3)8-10(2)12/h5,7,10H,4,6,8,12H2,1-3H3. The lowest BCUT2D eigenvalue weighted by atomic mass is 10.2. The van der Waals surface area contributed by atoms with Crippen LogP contribution in [0.1, 0.15) is 17.4 Å². The second kappa shape index (κ2) is 5.49. The highest BCUT2D eigenvalue weighted by Crippen LogP contribution is 2.16. The van der Waals surface area contributed by atoms with Gasteiger partial charge in [0.1, 0.15) is 0 Å². The van der Waals surface area contributed by atoms with Gasteiger partial charge in [0.2, 0.25) is 0 Å². The molecule has 0 bridgehead atoms. The molecule has 1 aromatic heterocycles. The Bertz CT molecular complexity index is 268. The van der Waals surface area contributed by atoms with Gasteiger partial charge in [-0.25, -0.2) is 0 Å². The van der Waals surface area contributed by atoms with Crippen LogP contribution >= 0.6 is 11.3 Å². The maximum absolute atomic E-state index is 5.73. The predicted molar refractivity (Wildman–Crippen MR) is 63.9 cm³/mol. The minimum absolute atomic E-state index is 0.268. The average molecular weight is 212 g/mol. The van der Waals surface area contributed by atoms with Gasteiger partial charge in [-0.15, -0.1) is 11.3 Å². The summed E-state index contributed by atoms with van der Waals surface area (Å²) in [6.45, 7) is 6.30. The van der Waals surface area contributed by atoms with E-state index in [1.54, 1.807) is 0 Å². The SMILES string of the molecule is Cc1ccsc1CCN(C)CC(C)N. The minimum Gasteiger partial charge on any atom is -0.327 e. The first-order valence-corrected chi connectivity index (χ1v) is 5.94. The fourth-order valence-electron chi connectivity index (χ4n) is 1.54. The van der Waals surface area contributed by atoms with Crippen molar-refractivity contribution in [3.8, 4) is 0 Å². The molecule has 2 N–H and O–H groups in total. The van der Waals surface area contributed by atoms with E-state index in [9.17, 15) is 0 Å². The van der Waals surface area contributed by atoms with E-state index in [1.165, 1.54) is 10.4 Å². The van der Waals surface area contributed by atoms with Crippen LogP contribution < -0.4 is 5.73 Å². The molecule has 0 aromatic carbocycles. The number of rotatable bonds is 5. The van der Waals surface area contributed by atoms with Gasteiger partial charge < -0.3 is 10.6 Å². The smallest absolute Gasteiger partial charge is 0.0139 e. The Labute approximate surface area is 90.7 Å². The fourth-order valence-corrected chi connectivity index (χ4v) is 2.44. The molecule has 0 radical (unpaired) electrons. The molecule has 0 spiro atoms. The van der Waals surface area contributed by atoms with E-state index in [-0.39, 0.29) is 6.04 Å². The van der Waals surface area contributed by atoms with Crippen LogP contribution in [0.15, 0.2) is 11.4 Å². The van der Waals surface area contributed by atoms with Crippen molar-refractivity contribution in [3.63, 3.8) is 0 Å². The van der Waals surface area contributed by atoms with Crippen molar-refractivity contribution < 1.29 is 0 Å². The highest BCUT2D eigenvalue weighted by Gasteiger charge is 2.04. The Kier molecular flexibility index (Phi) is 4.58. The van der Waals surface area contributed by atoms with Gasteiger partial charge in [-0.3, -0.25) is 0 Å². The number of thiophene rings is 1. The molecule has 0 fully saturated rings. The van der Waals surface area contributed by atoms with Crippen LogP contribution in [0.2, 0.25) is 0 Å². The Morgan fingerprint density at radius 3 is 2.79 bits per heavy atom. The maximum Gasteiger partial charge on any atom is 0.0139 e. The Morgan fingerprint density at radius 1 is 1.57 bits per heavy atom. The van der Waals surface area contributed by atoms with E-state index < -0.39 is 0 Å². The van der Waals surface area contributed by atoms with Crippen LogP contribution in [0.25, 0.3) is 0 Å². The third kappa shape index (κ3) is 3.78. The second-order valence-corrected chi connectivity index (χ2v) is 5.02. The Balaban J connectivity index is 2.30. The number of nitrogens with zero attached hydrogens (tertiary/aromatic N) is 1. The van der Waals surface area contributed by atoms with Crippen molar-refractivity contribution in [2.75, 3.05) is 20.1 Å². The van der Waals surface area contributed by atoms with Crippen LogP contribution in [0, 0.1) is 6.92 Å². The van der Waals surface area contributed by atoms with Crippen molar-refractivity contribution in [3.05, 3.63) is 21.9 Å². The van der Waals surface area contributed by atoms with Crippen LogP contribution in [-0.4, -0.2) is 31.1 Å². The summed E-state index contributed by atoms with van der Waals surface area (Å²) in [4.78, 5) is 3.80. The first-order chi connectivity index (χ1) is 6.59. The number of hydrogen-bond donors (Lipinski definition) is 1. The molecule has 2 nitrogen and oxygen atoms in total. The van der Waals surface area contributed by atoms with Crippen molar-refractivity contribution in [1.29, 1.82) is 0 Å². The normalized spacial score (nSPS) is 13.5. The maximum atomic E-state index is 5.73. The third-order valence-corrected chi connectivity index (χ3v) is 3.37. The van der Waals surface area contributed by atoms with Gasteiger partial charge >= 0.3 is 0 Å². The van der Waals surface area contributed by atoms with Gasteiger partial charge in [-0.1, -0.05) is 0 Å². The number of nitrogens with two attached hydrogens (primary N) is 1. The molecule has 0 aliphatic rings. The predicted octanol–water partition coefficient (Wildman–Crippen LogP) is 1.88. The highest BCUT2D eigenvalue weighted by molar-refractivity contribution is 7.10. The highest BCUT2D eigenvalue weighted by atomic mass is 32.1. The third-order valence-electron chi connectivity index (χ3n) is 2.29. The lowest BCUT2D eigenvalue weighted by molar-refractivity contribution is 0.321. The van der Waals surface area contributed by atoms with Crippen molar-refractivity contribution in [2.45, 2.75) is 26.3 Å². The van der Waals surface area contributed by atoms with Crippen LogP contribution in [0.5, 0.6) is 0 Å². The average Bonchev–Trinajstić information content (AvgIpc) is 2.46. The fraction of sp³-hybridized carbons (Fsp3) is 0.636. The van der Waals surface area contributed by atoms with E-state index in [4.69, 9.17) is 5.73 Å². The van der Waals surface area contributed by atoms with Gasteiger partial charge in [-0.2, -0.15) is 0 Å². The molecule has 3 heteroatoms. The van der Waals surface area contributed by atoms with Crippen LogP contribution in [0.3, 0.4) is 0 Å². The van der Waals surface area contributed by atoms with E-state index >= 15 is 0 Å². The van der Waals surface area contributed by atoms with E-state index in [1.807, 2.05) is 18.3 Å². The van der Waals surface area contributed by atoms with E-state index in [0.717, 1.165) is 19.5 Å². The summed E-state index contributed by atoms with van der Waals surface area (Å²) >= 11 is 1.85. The molecular formula is C11H20N2S. The summed E-state index contributed by atoms with van der Waals surface area (Å²) in [6.07, 6.45) is 1.15. The summed E-state index contributed by atoms with van der Waals surface area (Å²) in [5, 5.41) is 2.16. The number of aryl methyl sites for hydroxylation is 1. The zero-order valence-electron chi connectivity index (χ0n) is 9.29. The van der Waals surface area contributed by atoms with Crippen LogP contribution in [0.4, 0.5) is 0 Å². The summed E-state index contributed by atoms with van der Waals surface area (Å²) in [7, 11) is 2.13. The molecule has 80 valence electrons. The molecular weight excluding hydrogens is 192 g/mol. The van der Waals surface area contributed by atoms with E-state index in [0.29, 0.717) is 0 Å². The summed E-state index contributed by atoms with van der Waals surface area (Å²) in [5.74, 6) is 0. The number of hydrogen-bond acceptors (Lipinski definition) is 3. The molecule has 0 amide bonds. The second-order valence-electron chi connectivity index (χ2n) is 4.02. The molecule has 0 aliphatic carbocycles. The molecule has 0 aliphatic heterocycles. The first kappa shape index (κ1) is 11.7. The van der Waals surface area contributed by atoms with E-state index in [2.05, 4.69) is 30.3 Å². The quantitative estimate of drug-likeness (QED) is 0.807. The van der Waals surface area contributed by atoms with Crippen molar-refractivity contribution in [2.24, 2.45) is 5.73 Å². The monoisotopic (exact) mass is 212 g/mol. The molecule has 1 rings (SSSR count). The zero-order valence-corrected chi connectivity index (χ0v) is 10.1. The molecule has 0 saturated carbocycles. The van der Waals surface area contributed by atoms with Crippen LogP contribution in [-0.2, 0) is 6.42 Å². The lowest BCUT2D eigenvalue weighted by Crippen LogP contribution is -2.34. The van der Waals surface area contributed by atoms with Crippen molar-refractivity contribution >= 4 is 11.3 Å². The first-order valence-electron chi connectivity index (χ1n) is 5.06. The van der Waals surface area contributed by atoms with Gasteiger partial charge in [0.15, 0.2) is 0 Å². The van der Waals surface area contributed by atoms with Crippen molar-refractivity contribution in [1.82, 2.24) is 4.90 Å². The summed E-state index contributed by atoms with van der Waals surface area (Å²) < 4.78 is 0. The lowest BCUT2D eigenvalue weighted by Gasteiger charge is -2.18. The molecule has 1 heterocycles. The van der Waals surface area contributed by atoms with Gasteiger partial charge in [-0.05, 0) is 44.3 Å². The molecule has 0 saturated heterocycles. The Hall–Kier alpha value is -0.380. The van der Waals surface area contributed by atoms with Gasteiger partial charge in [0, 0.05) is 24.0 Å². The largest absolute Gasteiger partial charge is 0.327 e. The Morgan fingerprint density at radius 2 is 2.29 bits per heavy atom. The minimum atomic E-state index is 0.268. The molecule has 14 heavy (non-hydrogen) atoms. The topological polar surface area (TPSA) is 29.3 Å². The summed E-state index contributed by atoms with van der Waals surface area (Å²) in [5.41, 5.74) is 7.15. The zero-order chi connectivity index (χ0) is 10.6. The van der Waals surface area contributed by atoms with Gasteiger partial charge in [0.05, 0.1) is 0 Å². The summed E-state index contributed by atoms with van der Waals surface area (Å²) in [6, 6.07) is 2.45. The van der Waals surface area contributed by atoms with Gasteiger partial charge in [0.25, 0.3) is 0 Å².